The van der Waals surface area contributed by atoms with E-state index in [9.17, 15) is 19.8 Å². The first-order valence-electron chi connectivity index (χ1n) is 28.8. The molecule has 0 spiro atoms. The zero-order valence-electron chi connectivity index (χ0n) is 46.1. The molecule has 20 heteroatoms. The number of likely N-dealkylation sites (tertiary alicyclic amines) is 2. The number of aliphatic hydroxyl groups excluding tert-OH is 1. The number of aromatic nitrogens is 5. The number of para-hydroxylation sites is 1. The number of benzene rings is 2. The summed E-state index contributed by atoms with van der Waals surface area (Å²) < 4.78 is 19.1. The second kappa shape index (κ2) is 22.9. The molecule has 6 aromatic rings. The highest BCUT2D eigenvalue weighted by atomic mass is 32.1. The fourth-order valence-electron chi connectivity index (χ4n) is 13.3. The number of nitrogen functional groups attached to an aromatic ring is 1. The van der Waals surface area contributed by atoms with E-state index in [0.717, 1.165) is 130 Å². The molecule has 9 heterocycles. The Balaban J connectivity index is 0.576. The molecule has 422 valence electrons. The van der Waals surface area contributed by atoms with Gasteiger partial charge in [0.05, 0.1) is 51.8 Å². The van der Waals surface area contributed by atoms with Gasteiger partial charge in [-0.1, -0.05) is 55.4 Å². The minimum absolute atomic E-state index is 0.0774. The van der Waals surface area contributed by atoms with Gasteiger partial charge in [0.1, 0.15) is 23.8 Å². The van der Waals surface area contributed by atoms with Crippen molar-refractivity contribution >= 4 is 46.2 Å². The van der Waals surface area contributed by atoms with Gasteiger partial charge < -0.3 is 59.8 Å². The van der Waals surface area contributed by atoms with Crippen LogP contribution in [-0.2, 0) is 14.3 Å². The summed E-state index contributed by atoms with van der Waals surface area (Å²) in [7, 11) is 0. The predicted octanol–water partition coefficient (Wildman–Crippen LogP) is 7.74. The Kier molecular flexibility index (Phi) is 15.4. The minimum Gasteiger partial charge on any atom is -0.507 e. The van der Waals surface area contributed by atoms with E-state index in [2.05, 4.69) is 62.4 Å². The van der Waals surface area contributed by atoms with E-state index in [-0.39, 0.29) is 60.8 Å². The number of phenolic OH excluding ortho intramolecular Hbond substituents is 1. The molecular formula is C60H74N12O7S. The van der Waals surface area contributed by atoms with Crippen LogP contribution >= 0.6 is 11.3 Å². The lowest BCUT2D eigenvalue weighted by Crippen LogP contribution is -2.54. The number of pyridine rings is 1. The molecule has 12 rings (SSSR count). The van der Waals surface area contributed by atoms with Gasteiger partial charge in [0.15, 0.2) is 17.4 Å². The van der Waals surface area contributed by atoms with Crippen molar-refractivity contribution in [3.63, 3.8) is 0 Å². The topological polar surface area (TPSA) is 225 Å². The maximum absolute atomic E-state index is 14.4. The molecule has 4 aromatic heterocycles. The van der Waals surface area contributed by atoms with Crippen molar-refractivity contribution in [2.24, 2.45) is 5.92 Å². The molecule has 6 fully saturated rings. The van der Waals surface area contributed by atoms with Gasteiger partial charge in [-0.15, -0.1) is 21.5 Å². The monoisotopic (exact) mass is 1110 g/mol. The number of amides is 2. The summed E-state index contributed by atoms with van der Waals surface area (Å²) in [4.78, 5) is 49.6. The van der Waals surface area contributed by atoms with E-state index in [1.165, 1.54) is 4.90 Å². The number of anilines is 4. The molecule has 2 aromatic carbocycles. The minimum atomic E-state index is -0.806. The van der Waals surface area contributed by atoms with Gasteiger partial charge in [-0.05, 0) is 93.7 Å². The summed E-state index contributed by atoms with van der Waals surface area (Å²) in [5, 5.41) is 37.5. The Hall–Kier alpha value is -6.87. The van der Waals surface area contributed by atoms with E-state index in [1.807, 2.05) is 87.9 Å². The van der Waals surface area contributed by atoms with Crippen molar-refractivity contribution in [3.8, 4) is 33.3 Å². The molecule has 19 nitrogen and oxygen atoms in total. The molecule has 2 bridgehead atoms. The van der Waals surface area contributed by atoms with E-state index in [1.54, 1.807) is 23.5 Å². The molecule has 5 saturated heterocycles. The first kappa shape index (κ1) is 53.8. The van der Waals surface area contributed by atoms with Crippen LogP contribution in [0.5, 0.6) is 11.6 Å². The van der Waals surface area contributed by atoms with E-state index in [4.69, 9.17) is 19.7 Å². The van der Waals surface area contributed by atoms with Crippen LogP contribution in [0.4, 0.5) is 23.0 Å². The number of hydrogen-bond acceptors (Lipinski definition) is 18. The fraction of sp³-hybridized carbons (Fsp3) is 0.517. The number of β-amino-alcohol motifs (C(OH)–C–C–N with tert-alkyl or cyclic N) is 1. The molecule has 2 amide bonds. The molecule has 2 unspecified atom stereocenters. The van der Waals surface area contributed by atoms with Crippen molar-refractivity contribution in [2.75, 3.05) is 66.2 Å². The number of hydrogen-bond donors (Lipinski definition) is 4. The normalized spacial score (nSPS) is 24.5. The number of thiazole rings is 1. The maximum Gasteiger partial charge on any atom is 0.243 e. The quantitative estimate of drug-likeness (QED) is 0.0727. The van der Waals surface area contributed by atoms with Gasteiger partial charge in [-0.3, -0.25) is 9.59 Å². The number of nitrogens with two attached hydrogens (primary N) is 1. The van der Waals surface area contributed by atoms with Crippen molar-refractivity contribution < 1.29 is 33.8 Å². The number of ether oxygens (including phenoxy) is 2. The molecule has 0 radical (unpaired) electrons. The number of aryl methyl sites for hydroxylation is 1. The van der Waals surface area contributed by atoms with Crippen LogP contribution in [0, 0.1) is 12.8 Å². The maximum atomic E-state index is 14.4. The van der Waals surface area contributed by atoms with Crippen LogP contribution in [0.3, 0.4) is 0 Å². The van der Waals surface area contributed by atoms with Crippen molar-refractivity contribution in [2.45, 2.75) is 146 Å². The van der Waals surface area contributed by atoms with Crippen LogP contribution in [0.15, 0.2) is 89.0 Å². The van der Waals surface area contributed by atoms with Gasteiger partial charge in [-0.25, -0.2) is 9.97 Å². The Bertz CT molecular complexity index is 3120. The summed E-state index contributed by atoms with van der Waals surface area (Å²) in [5.74, 6) is 1.09. The number of aliphatic hydroxyl groups is 1. The van der Waals surface area contributed by atoms with Gasteiger partial charge >= 0.3 is 0 Å². The largest absolute Gasteiger partial charge is 0.507 e. The molecule has 1 saturated carbocycles. The molecule has 5 aliphatic heterocycles. The Morgan fingerprint density at radius 3 is 2.27 bits per heavy atom. The fourth-order valence-corrected chi connectivity index (χ4v) is 14.1. The number of phenols is 1. The number of rotatable bonds is 16. The standard InChI is InChI=1S/C60H74N12O7S/c1-35(2)56(60(76)71-33-44(73)26-51(71)59(75)64-36(3)38-9-11-39(12-10-38)57-37(4)63-34-80-57)53-30-54(67-79-53)69-21-16-40(17-22-69)68-23-18-45(19-24-68)77-46-27-47(28-46)78-55-25-41(15-20-62-55)72-42-13-14-43(72)32-70(31-42)50-29-49(65-66-58(50)61)48-7-5-6-8-52(48)74/h5-12,15,20,25,29-30,34-36,40,42-47,51,56,73-74H,13-14,16-19,21-24,26-28,31-33H2,1-4H3,(H2,61,66)(H,64,75)/t36-,42?,43?,44+,46?,47?,51-,56-/m0/s1. The Morgan fingerprint density at radius 1 is 0.812 bits per heavy atom. The van der Waals surface area contributed by atoms with Gasteiger partial charge in [0, 0.05) is 113 Å². The summed E-state index contributed by atoms with van der Waals surface area (Å²) in [6.07, 6.45) is 9.65. The van der Waals surface area contributed by atoms with Crippen LogP contribution < -0.4 is 30.5 Å². The first-order valence-corrected chi connectivity index (χ1v) is 29.7. The summed E-state index contributed by atoms with van der Waals surface area (Å²) in [5.41, 5.74) is 14.5. The van der Waals surface area contributed by atoms with Crippen LogP contribution in [0.1, 0.15) is 108 Å². The van der Waals surface area contributed by atoms with E-state index >= 15 is 0 Å². The van der Waals surface area contributed by atoms with Gasteiger partial charge in [0.2, 0.25) is 17.7 Å². The smallest absolute Gasteiger partial charge is 0.243 e. The average Bonchev–Trinajstić information content (AvgIpc) is 4.29. The Morgan fingerprint density at radius 2 is 1.56 bits per heavy atom. The number of nitrogens with zero attached hydrogens (tertiary/aromatic N) is 10. The average molecular weight is 1110 g/mol. The zero-order chi connectivity index (χ0) is 55.2. The zero-order valence-corrected chi connectivity index (χ0v) is 47.0. The number of carbonyl (C=O) groups excluding carboxylic acids is 2. The number of piperidine rings is 2. The third kappa shape index (κ3) is 11.2. The molecule has 6 atom stereocenters. The predicted molar refractivity (Wildman–Crippen MR) is 307 cm³/mol. The lowest BCUT2D eigenvalue weighted by molar-refractivity contribution is -0.141. The van der Waals surface area contributed by atoms with Crippen LogP contribution in [0.25, 0.3) is 21.7 Å². The second-order valence-corrected chi connectivity index (χ2v) is 24.2. The molecule has 6 aliphatic rings. The van der Waals surface area contributed by atoms with Gasteiger partial charge in [0.25, 0.3) is 0 Å². The lowest BCUT2D eigenvalue weighted by Gasteiger charge is -2.44. The molecule has 5 N–H and O–H groups in total. The third-order valence-electron chi connectivity index (χ3n) is 17.7. The van der Waals surface area contributed by atoms with Gasteiger partial charge in [-0.2, -0.15) is 0 Å². The van der Waals surface area contributed by atoms with Crippen LogP contribution in [0.2, 0.25) is 0 Å². The number of aromatic hydroxyl groups is 1. The molecule has 1 aliphatic carbocycles. The van der Waals surface area contributed by atoms with Crippen molar-refractivity contribution in [1.29, 1.82) is 0 Å². The highest BCUT2D eigenvalue weighted by molar-refractivity contribution is 7.13. The number of fused-ring (bicyclic) bond motifs is 2. The van der Waals surface area contributed by atoms with E-state index in [0.29, 0.717) is 46.8 Å². The summed E-state index contributed by atoms with van der Waals surface area (Å²) >= 11 is 1.60. The van der Waals surface area contributed by atoms with E-state index < -0.39 is 18.1 Å². The third-order valence-corrected chi connectivity index (χ3v) is 18.7. The first-order chi connectivity index (χ1) is 38.8. The van der Waals surface area contributed by atoms with Crippen LogP contribution in [-0.4, -0.2) is 152 Å². The van der Waals surface area contributed by atoms with Crippen molar-refractivity contribution in [3.05, 3.63) is 102 Å². The van der Waals surface area contributed by atoms with Crippen molar-refractivity contribution in [1.82, 2.24) is 40.4 Å². The molecular weight excluding hydrogens is 1030 g/mol. The second-order valence-electron chi connectivity index (χ2n) is 23.3. The highest BCUT2D eigenvalue weighted by Gasteiger charge is 2.45. The summed E-state index contributed by atoms with van der Waals surface area (Å²) in [6.45, 7) is 13.3. The SMILES string of the molecule is Cc1ncsc1-c1ccc([C@H](C)NC(=O)[C@@H]2C[C@@H](O)CN2C(=O)[C@H](c2cc(N3CCC(N4CCC(OC5CC(Oc6cc(N7C8CCC7CN(c7cc(-c9ccccc9O)nnc7N)C8)ccn6)C5)CC4)CC3)no2)C(C)C)cc1. The number of carbonyl (C=O) groups is 2. The molecule has 80 heavy (non-hydrogen) atoms. The number of piperazine rings is 1. The number of nitrogens with one attached hydrogen (secondary N) is 1. The lowest BCUT2D eigenvalue weighted by atomic mass is 9.91. The summed E-state index contributed by atoms with van der Waals surface area (Å²) in [6, 6.07) is 23.3. The highest BCUT2D eigenvalue weighted by Crippen LogP contribution is 2.41. The Labute approximate surface area is 471 Å².